The highest BCUT2D eigenvalue weighted by Crippen LogP contribution is 2.31. The van der Waals surface area contributed by atoms with Crippen molar-refractivity contribution in [2.75, 3.05) is 12.8 Å². The number of nitrogens with two attached hydrogens (primary N) is 2. The molecule has 0 spiro atoms. The molecule has 3 rings (SSSR count). The molecule has 5 N–H and O–H groups in total. The van der Waals surface area contributed by atoms with Crippen LogP contribution in [0.2, 0.25) is 0 Å². The zero-order valence-electron chi connectivity index (χ0n) is 21.1. The Morgan fingerprint density at radius 3 is 2.27 bits per heavy atom. The van der Waals surface area contributed by atoms with Crippen molar-refractivity contribution < 1.29 is 23.5 Å². The summed E-state index contributed by atoms with van der Waals surface area (Å²) in [6.45, 7) is 5.64. The molecule has 37 heavy (non-hydrogen) atoms. The normalized spacial score (nSPS) is 12.0. The largest absolute Gasteiger partial charge is 0.497 e. The second-order valence-corrected chi connectivity index (χ2v) is 9.87. The lowest BCUT2D eigenvalue weighted by atomic mass is 9.98. The number of primary amides is 1. The van der Waals surface area contributed by atoms with Gasteiger partial charge in [0.1, 0.15) is 22.5 Å². The zero-order valence-corrected chi connectivity index (χ0v) is 21.9. The highest BCUT2D eigenvalue weighted by molar-refractivity contribution is 7.09. The van der Waals surface area contributed by atoms with Crippen LogP contribution in [-0.2, 0) is 11.3 Å². The third-order valence-corrected chi connectivity index (χ3v) is 6.87. The van der Waals surface area contributed by atoms with Crippen LogP contribution in [0.15, 0.2) is 48.5 Å². The molecular weight excluding hydrogens is 497 g/mol. The number of nitrogens with zero attached hydrogens (tertiary/aromatic N) is 2. The standard InChI is InChI=1S/C26H30FN5O4S/c1-5-26(2,3)30-24(34)21(16-8-12-18(36-4)13-9-16)32(14-15-6-10-17(27)11-7-15)25(35)22-19(28)20(23(29)33)31-37-22/h6-13,21H,5,14,28H2,1-4H3,(H2,29,33)(H,30,34)/t21-/m1/s1. The molecule has 0 saturated heterocycles. The predicted molar refractivity (Wildman–Crippen MR) is 140 cm³/mol. The molecule has 0 aliphatic rings. The molecule has 0 unspecified atom stereocenters. The van der Waals surface area contributed by atoms with E-state index in [4.69, 9.17) is 16.2 Å². The van der Waals surface area contributed by atoms with Gasteiger partial charge in [0, 0.05) is 12.1 Å². The van der Waals surface area contributed by atoms with E-state index in [1.807, 2.05) is 20.8 Å². The van der Waals surface area contributed by atoms with Gasteiger partial charge in [-0.2, -0.15) is 4.37 Å². The molecule has 0 aliphatic carbocycles. The predicted octanol–water partition coefficient (Wildman–Crippen LogP) is 3.66. The van der Waals surface area contributed by atoms with Crippen LogP contribution in [0.4, 0.5) is 10.1 Å². The summed E-state index contributed by atoms with van der Waals surface area (Å²) >= 11 is 0.723. The Morgan fingerprint density at radius 2 is 1.76 bits per heavy atom. The summed E-state index contributed by atoms with van der Waals surface area (Å²) in [7, 11) is 1.52. The number of halogens is 1. The maximum Gasteiger partial charge on any atom is 0.270 e. The van der Waals surface area contributed by atoms with Crippen LogP contribution < -0.4 is 21.5 Å². The third-order valence-electron chi connectivity index (χ3n) is 6.02. The fraction of sp³-hybridized carbons (Fsp3) is 0.308. The summed E-state index contributed by atoms with van der Waals surface area (Å²) < 4.78 is 22.8. The van der Waals surface area contributed by atoms with Crippen molar-refractivity contribution in [3.05, 3.63) is 76.0 Å². The molecule has 0 saturated carbocycles. The van der Waals surface area contributed by atoms with Crippen LogP contribution >= 0.6 is 11.5 Å². The molecule has 0 radical (unpaired) electrons. The van der Waals surface area contributed by atoms with Gasteiger partial charge >= 0.3 is 0 Å². The molecular formula is C26H30FN5O4S. The lowest BCUT2D eigenvalue weighted by molar-refractivity contribution is -0.127. The van der Waals surface area contributed by atoms with Crippen molar-refractivity contribution in [1.29, 1.82) is 0 Å². The number of hydrogen-bond donors (Lipinski definition) is 3. The van der Waals surface area contributed by atoms with Crippen molar-refractivity contribution in [3.63, 3.8) is 0 Å². The summed E-state index contributed by atoms with van der Waals surface area (Å²) in [6, 6.07) is 11.3. The van der Waals surface area contributed by atoms with Crippen LogP contribution in [0, 0.1) is 5.82 Å². The number of carbonyl (C=O) groups is 3. The molecule has 1 aromatic heterocycles. The molecule has 0 aliphatic heterocycles. The monoisotopic (exact) mass is 527 g/mol. The number of rotatable bonds is 10. The fourth-order valence-electron chi connectivity index (χ4n) is 3.58. The van der Waals surface area contributed by atoms with Crippen molar-refractivity contribution >= 4 is 34.9 Å². The van der Waals surface area contributed by atoms with Gasteiger partial charge in [-0.05, 0) is 67.2 Å². The third kappa shape index (κ3) is 6.42. The first-order valence-electron chi connectivity index (χ1n) is 11.5. The maximum absolute atomic E-state index is 13.9. The number of benzene rings is 2. The van der Waals surface area contributed by atoms with E-state index in [-0.39, 0.29) is 22.8 Å². The van der Waals surface area contributed by atoms with E-state index >= 15 is 0 Å². The van der Waals surface area contributed by atoms with Gasteiger partial charge in [-0.3, -0.25) is 14.4 Å². The minimum atomic E-state index is -1.10. The fourth-order valence-corrected chi connectivity index (χ4v) is 4.34. The summed E-state index contributed by atoms with van der Waals surface area (Å²) in [5.74, 6) is -1.78. The molecule has 3 amide bonds. The number of hydrogen-bond acceptors (Lipinski definition) is 7. The summed E-state index contributed by atoms with van der Waals surface area (Å²) in [5.41, 5.74) is 11.6. The quantitative estimate of drug-likeness (QED) is 0.368. The minimum Gasteiger partial charge on any atom is -0.497 e. The topological polar surface area (TPSA) is 141 Å². The van der Waals surface area contributed by atoms with Crippen LogP contribution in [0.5, 0.6) is 5.75 Å². The van der Waals surface area contributed by atoms with Gasteiger partial charge in [-0.25, -0.2) is 4.39 Å². The Hall–Kier alpha value is -3.99. The Kier molecular flexibility index (Phi) is 8.49. The average molecular weight is 528 g/mol. The summed E-state index contributed by atoms with van der Waals surface area (Å²) in [4.78, 5) is 40.7. The number of amides is 3. The van der Waals surface area contributed by atoms with Crippen LogP contribution in [0.25, 0.3) is 0 Å². The van der Waals surface area contributed by atoms with Crippen molar-refractivity contribution in [2.45, 2.75) is 45.3 Å². The molecule has 0 fully saturated rings. The zero-order chi connectivity index (χ0) is 27.3. The van der Waals surface area contributed by atoms with Crippen LogP contribution in [0.3, 0.4) is 0 Å². The lowest BCUT2D eigenvalue weighted by Gasteiger charge is -2.34. The molecule has 3 aromatic rings. The van der Waals surface area contributed by atoms with E-state index < -0.39 is 35.1 Å². The van der Waals surface area contributed by atoms with E-state index in [2.05, 4.69) is 9.69 Å². The molecule has 2 aromatic carbocycles. The van der Waals surface area contributed by atoms with Gasteiger partial charge < -0.3 is 26.4 Å². The van der Waals surface area contributed by atoms with Crippen molar-refractivity contribution in [3.8, 4) is 5.75 Å². The van der Waals surface area contributed by atoms with Gasteiger partial charge in [-0.15, -0.1) is 0 Å². The SMILES string of the molecule is CCC(C)(C)NC(=O)[C@@H](c1ccc(OC)cc1)N(Cc1ccc(F)cc1)C(=O)c1snc(C(N)=O)c1N. The molecule has 1 heterocycles. The number of ether oxygens (including phenoxy) is 1. The van der Waals surface area contributed by atoms with E-state index in [0.717, 1.165) is 11.5 Å². The second-order valence-electron chi connectivity index (χ2n) is 9.10. The Morgan fingerprint density at radius 1 is 1.14 bits per heavy atom. The van der Waals surface area contributed by atoms with E-state index in [9.17, 15) is 18.8 Å². The van der Waals surface area contributed by atoms with Gasteiger partial charge in [0.2, 0.25) is 5.91 Å². The van der Waals surface area contributed by atoms with Crippen LogP contribution in [0.1, 0.15) is 64.5 Å². The van der Waals surface area contributed by atoms with Gasteiger partial charge in [0.05, 0.1) is 12.8 Å². The van der Waals surface area contributed by atoms with Gasteiger partial charge in [0.25, 0.3) is 11.8 Å². The minimum absolute atomic E-state index is 0.0306. The number of nitrogen functional groups attached to an aromatic ring is 1. The number of aromatic nitrogens is 1. The maximum atomic E-state index is 13.9. The van der Waals surface area contributed by atoms with E-state index in [0.29, 0.717) is 23.3 Å². The summed E-state index contributed by atoms with van der Waals surface area (Å²) in [5, 5.41) is 3.01. The molecule has 9 nitrogen and oxygen atoms in total. The summed E-state index contributed by atoms with van der Waals surface area (Å²) in [6.07, 6.45) is 0.643. The smallest absolute Gasteiger partial charge is 0.270 e. The Balaban J connectivity index is 2.16. The average Bonchev–Trinajstić information content (AvgIpc) is 3.26. The molecule has 0 bridgehead atoms. The van der Waals surface area contributed by atoms with E-state index in [1.54, 1.807) is 24.3 Å². The lowest BCUT2D eigenvalue weighted by Crippen LogP contribution is -2.50. The Bertz CT molecular complexity index is 1280. The first-order valence-corrected chi connectivity index (χ1v) is 12.3. The first kappa shape index (κ1) is 27.6. The number of carbonyl (C=O) groups excluding carboxylic acids is 3. The highest BCUT2D eigenvalue weighted by atomic mass is 32.1. The van der Waals surface area contributed by atoms with Gasteiger partial charge in [0.15, 0.2) is 5.69 Å². The molecule has 1 atom stereocenters. The molecule has 196 valence electrons. The van der Waals surface area contributed by atoms with Crippen molar-refractivity contribution in [2.24, 2.45) is 5.73 Å². The highest BCUT2D eigenvalue weighted by Gasteiger charge is 2.36. The van der Waals surface area contributed by atoms with Crippen LogP contribution in [-0.4, -0.2) is 39.6 Å². The molecule has 11 heteroatoms. The first-order chi connectivity index (χ1) is 17.5. The van der Waals surface area contributed by atoms with Crippen molar-refractivity contribution in [1.82, 2.24) is 14.6 Å². The number of nitrogens with one attached hydrogen (secondary N) is 1. The Labute approximate surface area is 218 Å². The second kappa shape index (κ2) is 11.4. The number of methoxy groups -OCH3 is 1. The van der Waals surface area contributed by atoms with E-state index in [1.165, 1.54) is 36.3 Å². The van der Waals surface area contributed by atoms with Gasteiger partial charge in [-0.1, -0.05) is 31.2 Å². The number of anilines is 1.